The van der Waals surface area contributed by atoms with Crippen molar-refractivity contribution in [3.05, 3.63) is 35.9 Å². The third-order valence-corrected chi connectivity index (χ3v) is 4.05. The molecule has 2 fully saturated rings. The summed E-state index contributed by atoms with van der Waals surface area (Å²) in [6.45, 7) is 4.83. The van der Waals surface area contributed by atoms with Gasteiger partial charge in [-0.15, -0.1) is 0 Å². The molecule has 1 aromatic rings. The van der Waals surface area contributed by atoms with Gasteiger partial charge < -0.3 is 9.64 Å². The van der Waals surface area contributed by atoms with Gasteiger partial charge in [-0.25, -0.2) is 4.79 Å². The van der Waals surface area contributed by atoms with Crippen molar-refractivity contribution in [2.45, 2.75) is 6.42 Å². The number of urea groups is 1. The van der Waals surface area contributed by atoms with Gasteiger partial charge in [-0.2, -0.15) is 0 Å². The molecule has 6 nitrogen and oxygen atoms in total. The molecule has 0 atom stereocenters. The van der Waals surface area contributed by atoms with Gasteiger partial charge in [0.05, 0.1) is 19.9 Å². The van der Waals surface area contributed by atoms with Crippen LogP contribution in [0.15, 0.2) is 30.3 Å². The number of imide groups is 1. The van der Waals surface area contributed by atoms with E-state index in [4.69, 9.17) is 4.74 Å². The third kappa shape index (κ3) is 3.28. The second-order valence-corrected chi connectivity index (χ2v) is 5.59. The zero-order chi connectivity index (χ0) is 15.4. The molecule has 0 radical (unpaired) electrons. The molecule has 2 saturated heterocycles. The van der Waals surface area contributed by atoms with Crippen molar-refractivity contribution in [1.82, 2.24) is 14.7 Å². The number of hydrogen-bond acceptors (Lipinski definition) is 4. The predicted octanol–water partition coefficient (Wildman–Crippen LogP) is 1.24. The summed E-state index contributed by atoms with van der Waals surface area (Å²) in [6.07, 6.45) is 0.814. The van der Waals surface area contributed by atoms with E-state index in [-0.39, 0.29) is 11.9 Å². The van der Waals surface area contributed by atoms with E-state index in [9.17, 15) is 9.59 Å². The van der Waals surface area contributed by atoms with Crippen LogP contribution < -0.4 is 0 Å². The smallest absolute Gasteiger partial charge is 0.328 e. The zero-order valence-corrected chi connectivity index (χ0v) is 12.6. The van der Waals surface area contributed by atoms with Gasteiger partial charge in [0.25, 0.3) is 5.91 Å². The van der Waals surface area contributed by atoms with Crippen LogP contribution in [0.5, 0.6) is 0 Å². The Hall–Kier alpha value is -1.92. The summed E-state index contributed by atoms with van der Waals surface area (Å²) in [5.41, 5.74) is 0.559. The number of morpholine rings is 1. The van der Waals surface area contributed by atoms with Crippen LogP contribution in [0.25, 0.3) is 0 Å². The van der Waals surface area contributed by atoms with E-state index in [0.29, 0.717) is 38.5 Å². The fraction of sp³-hybridized carbons (Fsp3) is 0.500. The molecule has 0 unspecified atom stereocenters. The quantitative estimate of drug-likeness (QED) is 0.843. The molecule has 2 aliphatic rings. The minimum Gasteiger partial charge on any atom is -0.379 e. The fourth-order valence-corrected chi connectivity index (χ4v) is 2.82. The van der Waals surface area contributed by atoms with E-state index in [0.717, 1.165) is 19.5 Å². The second kappa shape index (κ2) is 6.89. The minimum absolute atomic E-state index is 0.188. The van der Waals surface area contributed by atoms with Crippen molar-refractivity contribution in [3.63, 3.8) is 0 Å². The first kappa shape index (κ1) is 15.0. The van der Waals surface area contributed by atoms with Crippen LogP contribution >= 0.6 is 0 Å². The molecule has 6 heteroatoms. The maximum absolute atomic E-state index is 12.6. The Kier molecular flexibility index (Phi) is 4.70. The van der Waals surface area contributed by atoms with Gasteiger partial charge in [0, 0.05) is 31.7 Å². The summed E-state index contributed by atoms with van der Waals surface area (Å²) in [7, 11) is 0. The van der Waals surface area contributed by atoms with Crippen LogP contribution in [-0.2, 0) is 4.74 Å². The van der Waals surface area contributed by atoms with E-state index in [1.54, 1.807) is 17.0 Å². The van der Waals surface area contributed by atoms with E-state index >= 15 is 0 Å². The van der Waals surface area contributed by atoms with Crippen molar-refractivity contribution in [2.75, 3.05) is 46.1 Å². The molecule has 0 N–H and O–H groups in total. The molecule has 2 heterocycles. The fourth-order valence-electron chi connectivity index (χ4n) is 2.82. The highest BCUT2D eigenvalue weighted by molar-refractivity contribution is 6.04. The van der Waals surface area contributed by atoms with Crippen molar-refractivity contribution >= 4 is 11.9 Å². The molecule has 0 bridgehead atoms. The Morgan fingerprint density at radius 2 is 1.77 bits per heavy atom. The largest absolute Gasteiger partial charge is 0.379 e. The molecule has 2 aliphatic heterocycles. The van der Waals surface area contributed by atoms with Gasteiger partial charge in [0.15, 0.2) is 0 Å². The van der Waals surface area contributed by atoms with Gasteiger partial charge in [-0.05, 0) is 18.6 Å². The Balaban J connectivity index is 1.65. The molecule has 118 valence electrons. The highest BCUT2D eigenvalue weighted by Gasteiger charge is 2.31. The zero-order valence-electron chi connectivity index (χ0n) is 12.6. The first-order chi connectivity index (χ1) is 10.8. The van der Waals surface area contributed by atoms with E-state index in [2.05, 4.69) is 4.90 Å². The van der Waals surface area contributed by atoms with Crippen LogP contribution in [0.1, 0.15) is 16.8 Å². The predicted molar refractivity (Wildman–Crippen MR) is 81.5 cm³/mol. The number of amides is 3. The lowest BCUT2D eigenvalue weighted by molar-refractivity contribution is 0.00953. The van der Waals surface area contributed by atoms with Crippen LogP contribution in [0.3, 0.4) is 0 Å². The van der Waals surface area contributed by atoms with Gasteiger partial charge in [0.1, 0.15) is 0 Å². The minimum atomic E-state index is -0.211. The average molecular weight is 303 g/mol. The van der Waals surface area contributed by atoms with Gasteiger partial charge in [-0.3, -0.25) is 14.6 Å². The molecular weight excluding hydrogens is 282 g/mol. The monoisotopic (exact) mass is 303 g/mol. The molecule has 0 aliphatic carbocycles. The topological polar surface area (TPSA) is 53.1 Å². The Morgan fingerprint density at radius 3 is 2.50 bits per heavy atom. The number of rotatable bonds is 3. The first-order valence-corrected chi connectivity index (χ1v) is 7.71. The average Bonchev–Trinajstić information content (AvgIpc) is 2.58. The van der Waals surface area contributed by atoms with Crippen molar-refractivity contribution < 1.29 is 14.3 Å². The highest BCUT2D eigenvalue weighted by atomic mass is 16.5. The van der Waals surface area contributed by atoms with Crippen molar-refractivity contribution in [1.29, 1.82) is 0 Å². The number of hydrogen-bond donors (Lipinski definition) is 0. The summed E-state index contributed by atoms with van der Waals surface area (Å²) in [5, 5.41) is 0. The van der Waals surface area contributed by atoms with Gasteiger partial charge in [-0.1, -0.05) is 18.2 Å². The van der Waals surface area contributed by atoms with E-state index in [1.165, 1.54) is 4.90 Å². The molecule has 0 saturated carbocycles. The molecule has 3 amide bonds. The normalized spacial score (nSPS) is 20.3. The molecule has 22 heavy (non-hydrogen) atoms. The number of carbonyl (C=O) groups is 2. The van der Waals surface area contributed by atoms with Gasteiger partial charge >= 0.3 is 6.03 Å². The first-order valence-electron chi connectivity index (χ1n) is 7.71. The summed E-state index contributed by atoms with van der Waals surface area (Å²) in [5.74, 6) is -0.211. The summed E-state index contributed by atoms with van der Waals surface area (Å²) >= 11 is 0. The van der Waals surface area contributed by atoms with Crippen molar-refractivity contribution in [3.8, 4) is 0 Å². The van der Waals surface area contributed by atoms with Gasteiger partial charge in [0.2, 0.25) is 0 Å². The molecule has 1 aromatic carbocycles. The number of nitrogens with zero attached hydrogens (tertiary/aromatic N) is 3. The molecular formula is C16H21N3O3. The van der Waals surface area contributed by atoms with Crippen LogP contribution in [0.2, 0.25) is 0 Å². The van der Waals surface area contributed by atoms with Crippen LogP contribution in [0.4, 0.5) is 4.79 Å². The number of benzene rings is 1. The maximum atomic E-state index is 12.6. The van der Waals surface area contributed by atoms with Crippen LogP contribution in [0, 0.1) is 0 Å². The van der Waals surface area contributed by atoms with E-state index < -0.39 is 0 Å². The molecule has 0 spiro atoms. The summed E-state index contributed by atoms with van der Waals surface area (Å²) < 4.78 is 5.32. The second-order valence-electron chi connectivity index (χ2n) is 5.59. The van der Waals surface area contributed by atoms with E-state index in [1.807, 2.05) is 18.2 Å². The highest BCUT2D eigenvalue weighted by Crippen LogP contribution is 2.14. The maximum Gasteiger partial charge on any atom is 0.328 e. The Bertz CT molecular complexity index is 529. The number of ether oxygens (including phenoxy) is 1. The Morgan fingerprint density at radius 1 is 1.05 bits per heavy atom. The van der Waals surface area contributed by atoms with Crippen LogP contribution in [-0.4, -0.2) is 72.7 Å². The summed E-state index contributed by atoms with van der Waals surface area (Å²) in [4.78, 5) is 30.4. The molecule has 0 aromatic heterocycles. The Labute approximate surface area is 130 Å². The van der Waals surface area contributed by atoms with Crippen molar-refractivity contribution in [2.24, 2.45) is 0 Å². The lowest BCUT2D eigenvalue weighted by Crippen LogP contribution is -2.55. The lowest BCUT2D eigenvalue weighted by Gasteiger charge is -2.38. The lowest BCUT2D eigenvalue weighted by atomic mass is 10.2. The molecule has 3 rings (SSSR count). The third-order valence-electron chi connectivity index (χ3n) is 4.05. The summed E-state index contributed by atoms with van der Waals surface area (Å²) in [6, 6.07) is 8.79. The number of carbonyl (C=O) groups excluding carboxylic acids is 2. The standard InChI is InChI=1S/C16H21N3O3/c20-15(14-5-2-1-3-6-14)19-8-4-7-18(16(19)21)13-17-9-11-22-12-10-17/h1-3,5-6H,4,7-13H2. The SMILES string of the molecule is O=C(c1ccccc1)N1CCCN(CN2CCOCC2)C1=O.